The predicted octanol–water partition coefficient (Wildman–Crippen LogP) is 5.35. The maximum Gasteiger partial charge on any atom is 0.165 e. The van der Waals surface area contributed by atoms with Crippen LogP contribution in [-0.4, -0.2) is 49.9 Å². The molecule has 1 heterocycles. The normalized spacial score (nSPS) is 18.2. The number of methoxy groups -OCH3 is 1. The van der Waals surface area contributed by atoms with Crippen LogP contribution in [0.5, 0.6) is 5.75 Å². The van der Waals surface area contributed by atoms with Crippen LogP contribution in [-0.2, 0) is 10.5 Å². The van der Waals surface area contributed by atoms with Crippen LogP contribution in [0.15, 0.2) is 59.2 Å². The van der Waals surface area contributed by atoms with Gasteiger partial charge in [-0.15, -0.1) is 0 Å². The predicted molar refractivity (Wildman–Crippen MR) is 132 cm³/mol. The van der Waals surface area contributed by atoms with Gasteiger partial charge in [-0.2, -0.15) is 11.8 Å². The summed E-state index contributed by atoms with van der Waals surface area (Å²) in [6, 6.07) is 10.9. The van der Waals surface area contributed by atoms with Gasteiger partial charge < -0.3 is 9.64 Å². The molecule has 0 aromatic heterocycles. The Bertz CT molecular complexity index is 1090. The highest BCUT2D eigenvalue weighted by Gasteiger charge is 2.26. The zero-order chi connectivity index (χ0) is 23.3. The Hall–Kier alpha value is -2.86. The maximum absolute atomic E-state index is 14.1. The number of benzene rings is 2. The van der Waals surface area contributed by atoms with Crippen LogP contribution in [0.1, 0.15) is 36.1 Å². The summed E-state index contributed by atoms with van der Waals surface area (Å²) in [7, 11) is 5.38. The van der Waals surface area contributed by atoms with Gasteiger partial charge in [0.1, 0.15) is 6.29 Å². The van der Waals surface area contributed by atoms with Crippen molar-refractivity contribution in [3.8, 4) is 5.75 Å². The number of carbonyl (C=O) groups excluding carboxylic acids is 1. The van der Waals surface area contributed by atoms with Gasteiger partial charge in [0.15, 0.2) is 11.6 Å². The lowest BCUT2D eigenvalue weighted by Gasteiger charge is -2.18. The molecule has 2 aromatic rings. The van der Waals surface area contributed by atoms with Gasteiger partial charge in [0, 0.05) is 42.7 Å². The van der Waals surface area contributed by atoms with E-state index in [9.17, 15) is 9.18 Å². The minimum absolute atomic E-state index is 0.173. The van der Waals surface area contributed by atoms with Crippen LogP contribution in [0.2, 0.25) is 0 Å². The number of rotatable bonds is 7. The van der Waals surface area contributed by atoms with Crippen molar-refractivity contribution in [2.75, 3.05) is 27.0 Å². The van der Waals surface area contributed by atoms with Gasteiger partial charge in [0.05, 0.1) is 18.9 Å². The average molecular weight is 453 g/mol. The lowest BCUT2D eigenvalue weighted by Crippen LogP contribution is -2.09. The Morgan fingerprint density at radius 3 is 2.62 bits per heavy atom. The lowest BCUT2D eigenvalue weighted by molar-refractivity contribution is -0.104. The van der Waals surface area contributed by atoms with Gasteiger partial charge in [0.2, 0.25) is 0 Å². The fourth-order valence-corrected chi connectivity index (χ4v) is 4.40. The van der Waals surface area contributed by atoms with Crippen molar-refractivity contribution < 1.29 is 13.9 Å². The number of nitrogens with zero attached hydrogens (tertiary/aromatic N) is 2. The molecule has 168 valence electrons. The molecule has 1 aliphatic rings. The van der Waals surface area contributed by atoms with E-state index in [0.29, 0.717) is 0 Å². The van der Waals surface area contributed by atoms with Crippen molar-refractivity contribution >= 4 is 29.3 Å². The Morgan fingerprint density at radius 2 is 1.97 bits per heavy atom. The van der Waals surface area contributed by atoms with E-state index in [1.165, 1.54) is 18.7 Å². The first-order valence-corrected chi connectivity index (χ1v) is 11.7. The van der Waals surface area contributed by atoms with E-state index in [1.807, 2.05) is 43.9 Å². The Labute approximate surface area is 193 Å². The summed E-state index contributed by atoms with van der Waals surface area (Å²) in [4.78, 5) is 18.5. The molecular formula is C26H29FN2O2S. The first-order chi connectivity index (χ1) is 15.4. The molecule has 0 unspecified atom stereocenters. The fraction of sp³-hybridized carbons (Fsp3) is 0.308. The minimum Gasteiger partial charge on any atom is -0.494 e. The summed E-state index contributed by atoms with van der Waals surface area (Å²) >= 11 is 1.86. The molecule has 0 N–H and O–H groups in total. The maximum atomic E-state index is 14.1. The molecule has 3 rings (SSSR count). The summed E-state index contributed by atoms with van der Waals surface area (Å²) < 4.78 is 19.3. The van der Waals surface area contributed by atoms with Crippen LogP contribution in [0.3, 0.4) is 0 Å². The zero-order valence-electron chi connectivity index (χ0n) is 19.2. The Kier molecular flexibility index (Phi) is 7.91. The number of allylic oxidation sites excluding steroid dienone is 1. The second kappa shape index (κ2) is 10.6. The molecule has 0 saturated heterocycles. The summed E-state index contributed by atoms with van der Waals surface area (Å²) in [5.74, 6) is 1.69. The molecule has 32 heavy (non-hydrogen) atoms. The number of carbonyl (C=O) groups is 1. The summed E-state index contributed by atoms with van der Waals surface area (Å²) in [5, 5.41) is 0. The van der Waals surface area contributed by atoms with Crippen molar-refractivity contribution in [3.63, 3.8) is 0 Å². The monoisotopic (exact) mass is 452 g/mol. The van der Waals surface area contributed by atoms with Crippen LogP contribution >= 0.6 is 11.8 Å². The van der Waals surface area contributed by atoms with Crippen LogP contribution < -0.4 is 4.74 Å². The quantitative estimate of drug-likeness (QED) is 0.419. The second-order valence-corrected chi connectivity index (χ2v) is 9.06. The molecule has 0 amide bonds. The van der Waals surface area contributed by atoms with Crippen molar-refractivity contribution in [1.29, 1.82) is 0 Å². The molecule has 0 bridgehead atoms. The highest BCUT2D eigenvalue weighted by Crippen LogP contribution is 2.36. The largest absolute Gasteiger partial charge is 0.494 e. The third kappa shape index (κ3) is 5.13. The van der Waals surface area contributed by atoms with Gasteiger partial charge in [-0.05, 0) is 59.7 Å². The molecule has 4 nitrogen and oxygen atoms in total. The standard InChI is InChI=1S/C26H29FN2O2S/c1-6-32-16-18-7-9-21-22(13-18)23(15-29(3)4)20(11-12-30)17(2)28-26(21)19-8-10-24(27)25(14-19)31-5/h7-15,17H,6,16H2,1-5H3/b20-11-,23-15+/t17-/m0/s1. The van der Waals surface area contributed by atoms with Gasteiger partial charge in [0.25, 0.3) is 0 Å². The van der Waals surface area contributed by atoms with Crippen LogP contribution in [0, 0.1) is 5.82 Å². The topological polar surface area (TPSA) is 41.9 Å². The van der Waals surface area contributed by atoms with Crippen molar-refractivity contribution in [2.24, 2.45) is 4.99 Å². The van der Waals surface area contributed by atoms with E-state index >= 15 is 0 Å². The molecule has 0 saturated carbocycles. The summed E-state index contributed by atoms with van der Waals surface area (Å²) in [5.41, 5.74) is 6.48. The van der Waals surface area contributed by atoms with E-state index in [0.717, 1.165) is 51.3 Å². The number of ether oxygens (including phenoxy) is 1. The van der Waals surface area contributed by atoms with Crippen molar-refractivity contribution in [2.45, 2.75) is 25.6 Å². The number of hydrogen-bond acceptors (Lipinski definition) is 5. The van der Waals surface area contributed by atoms with E-state index in [4.69, 9.17) is 9.73 Å². The van der Waals surface area contributed by atoms with E-state index < -0.39 is 5.82 Å². The highest BCUT2D eigenvalue weighted by atomic mass is 32.2. The summed E-state index contributed by atoms with van der Waals surface area (Å²) in [6.07, 6.45) is 4.44. The third-order valence-corrected chi connectivity index (χ3v) is 6.19. The minimum atomic E-state index is -0.416. The summed E-state index contributed by atoms with van der Waals surface area (Å²) in [6.45, 7) is 4.12. The lowest BCUT2D eigenvalue weighted by atomic mass is 9.89. The number of thioether (sulfide) groups is 1. The van der Waals surface area contributed by atoms with Gasteiger partial charge in [-0.25, -0.2) is 4.39 Å². The molecule has 0 spiro atoms. The number of aldehydes is 1. The Morgan fingerprint density at radius 1 is 1.19 bits per heavy atom. The van der Waals surface area contributed by atoms with Crippen LogP contribution in [0.25, 0.3) is 5.57 Å². The first kappa shape index (κ1) is 23.8. The van der Waals surface area contributed by atoms with Crippen molar-refractivity contribution in [1.82, 2.24) is 4.90 Å². The van der Waals surface area contributed by atoms with Crippen LogP contribution in [0.4, 0.5) is 4.39 Å². The molecule has 1 atom stereocenters. The molecule has 2 aromatic carbocycles. The molecule has 1 aliphatic heterocycles. The van der Waals surface area contributed by atoms with Gasteiger partial charge >= 0.3 is 0 Å². The van der Waals surface area contributed by atoms with E-state index in [2.05, 4.69) is 25.1 Å². The smallest absolute Gasteiger partial charge is 0.165 e. The number of fused-ring (bicyclic) bond motifs is 1. The van der Waals surface area contributed by atoms with E-state index in [-0.39, 0.29) is 11.8 Å². The molecule has 0 fully saturated rings. The SMILES string of the molecule is CCSCc1ccc2c(c1)C(=C/N(C)C)/C(=C\C=O)[C@H](C)N=C2c1ccc(F)c(OC)c1. The third-order valence-electron chi connectivity index (χ3n) is 5.25. The molecule has 0 aliphatic carbocycles. The number of hydrogen-bond donors (Lipinski definition) is 0. The first-order valence-electron chi connectivity index (χ1n) is 10.6. The number of aliphatic imine (C=N–C) groups is 1. The molecular weight excluding hydrogens is 423 g/mol. The molecule has 0 radical (unpaired) electrons. The zero-order valence-corrected chi connectivity index (χ0v) is 20.0. The van der Waals surface area contributed by atoms with Crippen molar-refractivity contribution in [3.05, 3.63) is 82.3 Å². The number of halogens is 1. The van der Waals surface area contributed by atoms with Gasteiger partial charge in [-0.1, -0.05) is 19.1 Å². The Balaban J connectivity index is 2.31. The highest BCUT2D eigenvalue weighted by molar-refractivity contribution is 7.98. The average Bonchev–Trinajstić information content (AvgIpc) is 2.88. The fourth-order valence-electron chi connectivity index (χ4n) is 3.79. The van der Waals surface area contributed by atoms with E-state index in [1.54, 1.807) is 18.2 Å². The molecule has 6 heteroatoms. The van der Waals surface area contributed by atoms with Gasteiger partial charge in [-0.3, -0.25) is 9.79 Å². The second-order valence-electron chi connectivity index (χ2n) is 7.78.